The van der Waals surface area contributed by atoms with Crippen molar-refractivity contribution in [2.75, 3.05) is 4.90 Å². The smallest absolute Gasteiger partial charge is 0.123 e. The van der Waals surface area contributed by atoms with E-state index in [0.29, 0.717) is 11.1 Å². The molecule has 0 bridgehead atoms. The van der Waals surface area contributed by atoms with E-state index < -0.39 is 0 Å². The first-order chi connectivity index (χ1) is 9.28. The fraction of sp³-hybridized carbons (Fsp3) is 0.333. The Morgan fingerprint density at radius 3 is 2.74 bits per heavy atom. The van der Waals surface area contributed by atoms with Gasteiger partial charge in [-0.1, -0.05) is 17.7 Å². The number of halogens is 1. The van der Waals surface area contributed by atoms with Crippen molar-refractivity contribution in [2.24, 2.45) is 0 Å². The molecule has 2 aromatic rings. The number of anilines is 1. The maximum Gasteiger partial charge on any atom is 0.123 e. The lowest BCUT2D eigenvalue weighted by atomic mass is 10.2. The zero-order valence-corrected chi connectivity index (χ0v) is 11.3. The molecule has 1 N–H and O–H groups in total. The molecule has 100 valence electrons. The Hall–Kier alpha value is -1.45. The van der Waals surface area contributed by atoms with Gasteiger partial charge in [-0.15, -0.1) is 0 Å². The van der Waals surface area contributed by atoms with Crippen LogP contribution in [0.15, 0.2) is 41.0 Å². The fourth-order valence-electron chi connectivity index (χ4n) is 2.25. The second kappa shape index (κ2) is 5.27. The molecule has 3 rings (SSSR count). The van der Waals surface area contributed by atoms with Gasteiger partial charge in [0, 0.05) is 6.04 Å². The molecule has 0 radical (unpaired) electrons. The highest BCUT2D eigenvalue weighted by Crippen LogP contribution is 2.37. The number of rotatable bonds is 5. The second-order valence-electron chi connectivity index (χ2n) is 4.88. The molecule has 1 saturated carbocycles. The number of nitrogens with zero attached hydrogens (tertiary/aromatic N) is 1. The van der Waals surface area contributed by atoms with Gasteiger partial charge >= 0.3 is 0 Å². The van der Waals surface area contributed by atoms with E-state index in [4.69, 9.17) is 21.1 Å². The van der Waals surface area contributed by atoms with E-state index >= 15 is 0 Å². The zero-order chi connectivity index (χ0) is 13.2. The van der Waals surface area contributed by atoms with Crippen LogP contribution in [0.4, 0.5) is 5.69 Å². The number of hydrogen-bond donors (Lipinski definition) is 1. The summed E-state index contributed by atoms with van der Waals surface area (Å²) in [5.74, 6) is 0.939. The van der Waals surface area contributed by atoms with E-state index in [2.05, 4.69) is 4.90 Å². The van der Waals surface area contributed by atoms with Crippen LogP contribution in [0.3, 0.4) is 0 Å². The lowest BCUT2D eigenvalue weighted by Gasteiger charge is -2.25. The first-order valence-electron chi connectivity index (χ1n) is 6.46. The molecule has 0 aliphatic heterocycles. The average Bonchev–Trinajstić information content (AvgIpc) is 3.14. The maximum atomic E-state index is 9.13. The monoisotopic (exact) mass is 277 g/mol. The predicted octanol–water partition coefficient (Wildman–Crippen LogP) is 3.59. The Kier molecular flexibility index (Phi) is 3.49. The molecule has 0 amide bonds. The largest absolute Gasteiger partial charge is 0.467 e. The van der Waals surface area contributed by atoms with Crippen molar-refractivity contribution in [2.45, 2.75) is 32.0 Å². The number of furan rings is 1. The third kappa shape index (κ3) is 2.77. The first kappa shape index (κ1) is 12.6. The standard InChI is InChI=1S/C15H16ClNO2/c16-14-8-11(10-18)3-6-15(14)17(12-4-5-12)9-13-2-1-7-19-13/h1-3,6-8,12,18H,4-5,9-10H2. The average molecular weight is 278 g/mol. The molecule has 1 aliphatic rings. The lowest BCUT2D eigenvalue weighted by Crippen LogP contribution is -2.25. The minimum absolute atomic E-state index is 0.0155. The second-order valence-corrected chi connectivity index (χ2v) is 5.29. The van der Waals surface area contributed by atoms with Crippen LogP contribution in [-0.2, 0) is 13.2 Å². The third-order valence-corrected chi connectivity index (χ3v) is 3.70. The molecule has 1 aromatic heterocycles. The highest BCUT2D eigenvalue weighted by atomic mass is 35.5. The molecule has 0 atom stereocenters. The predicted molar refractivity (Wildman–Crippen MR) is 75.3 cm³/mol. The number of hydrogen-bond acceptors (Lipinski definition) is 3. The van der Waals surface area contributed by atoms with Gasteiger partial charge in [-0.05, 0) is 42.7 Å². The van der Waals surface area contributed by atoms with Gasteiger partial charge in [-0.25, -0.2) is 0 Å². The summed E-state index contributed by atoms with van der Waals surface area (Å²) in [5.41, 5.74) is 1.85. The first-order valence-corrected chi connectivity index (χ1v) is 6.84. The molecular weight excluding hydrogens is 262 g/mol. The minimum atomic E-state index is 0.0155. The fourth-order valence-corrected chi connectivity index (χ4v) is 2.56. The molecule has 0 spiro atoms. The van der Waals surface area contributed by atoms with Crippen LogP contribution in [0.2, 0.25) is 5.02 Å². The van der Waals surface area contributed by atoms with Gasteiger partial charge in [0.25, 0.3) is 0 Å². The van der Waals surface area contributed by atoms with Crippen molar-refractivity contribution in [1.29, 1.82) is 0 Å². The van der Waals surface area contributed by atoms with Gasteiger partial charge < -0.3 is 14.4 Å². The van der Waals surface area contributed by atoms with E-state index in [1.807, 2.05) is 30.3 Å². The maximum absolute atomic E-state index is 9.13. The molecule has 0 saturated heterocycles. The molecular formula is C15H16ClNO2. The molecule has 1 fully saturated rings. The van der Waals surface area contributed by atoms with E-state index in [-0.39, 0.29) is 6.61 Å². The van der Waals surface area contributed by atoms with E-state index in [1.165, 1.54) is 12.8 Å². The summed E-state index contributed by atoms with van der Waals surface area (Å²) in [4.78, 5) is 2.28. The third-order valence-electron chi connectivity index (χ3n) is 3.40. The van der Waals surface area contributed by atoms with Gasteiger partial charge in [0.2, 0.25) is 0 Å². The molecule has 0 unspecified atom stereocenters. The Morgan fingerprint density at radius 1 is 1.32 bits per heavy atom. The van der Waals surface area contributed by atoms with Crippen LogP contribution in [-0.4, -0.2) is 11.1 Å². The molecule has 19 heavy (non-hydrogen) atoms. The van der Waals surface area contributed by atoms with Crippen LogP contribution in [0.25, 0.3) is 0 Å². The zero-order valence-electron chi connectivity index (χ0n) is 10.6. The summed E-state index contributed by atoms with van der Waals surface area (Å²) < 4.78 is 5.42. The van der Waals surface area contributed by atoms with Gasteiger partial charge in [0.15, 0.2) is 0 Å². The number of aliphatic hydroxyl groups excluding tert-OH is 1. The van der Waals surface area contributed by atoms with Gasteiger partial charge in [-0.2, -0.15) is 0 Å². The topological polar surface area (TPSA) is 36.6 Å². The van der Waals surface area contributed by atoms with Crippen molar-refractivity contribution in [3.63, 3.8) is 0 Å². The van der Waals surface area contributed by atoms with Crippen LogP contribution in [0.1, 0.15) is 24.2 Å². The van der Waals surface area contributed by atoms with E-state index in [0.717, 1.165) is 23.6 Å². The van der Waals surface area contributed by atoms with Crippen molar-refractivity contribution in [3.8, 4) is 0 Å². The molecule has 4 heteroatoms. The summed E-state index contributed by atoms with van der Waals surface area (Å²) in [6.07, 6.45) is 4.08. The molecule has 1 aliphatic carbocycles. The minimum Gasteiger partial charge on any atom is -0.467 e. The summed E-state index contributed by atoms with van der Waals surface area (Å²) >= 11 is 6.33. The van der Waals surface area contributed by atoms with E-state index in [9.17, 15) is 0 Å². The van der Waals surface area contributed by atoms with Crippen molar-refractivity contribution in [3.05, 3.63) is 52.9 Å². The summed E-state index contributed by atoms with van der Waals surface area (Å²) in [5, 5.41) is 9.82. The van der Waals surface area contributed by atoms with Gasteiger partial charge in [0.05, 0.1) is 30.1 Å². The summed E-state index contributed by atoms with van der Waals surface area (Å²) in [6.45, 7) is 0.747. The summed E-state index contributed by atoms with van der Waals surface area (Å²) in [6, 6.07) is 10.1. The molecule has 3 nitrogen and oxygen atoms in total. The molecule has 1 aromatic carbocycles. The Balaban J connectivity index is 1.87. The molecule has 1 heterocycles. The highest BCUT2D eigenvalue weighted by molar-refractivity contribution is 6.33. The quantitative estimate of drug-likeness (QED) is 0.907. The Morgan fingerprint density at radius 2 is 2.16 bits per heavy atom. The Bertz CT molecular complexity index is 549. The normalized spacial score (nSPS) is 14.6. The number of aliphatic hydroxyl groups is 1. The van der Waals surface area contributed by atoms with Crippen LogP contribution in [0.5, 0.6) is 0 Å². The summed E-state index contributed by atoms with van der Waals surface area (Å²) in [7, 11) is 0. The van der Waals surface area contributed by atoms with Gasteiger partial charge in [-0.3, -0.25) is 0 Å². The van der Waals surface area contributed by atoms with Crippen molar-refractivity contribution in [1.82, 2.24) is 0 Å². The van der Waals surface area contributed by atoms with Crippen LogP contribution >= 0.6 is 11.6 Å². The van der Waals surface area contributed by atoms with Crippen LogP contribution in [0, 0.1) is 0 Å². The highest BCUT2D eigenvalue weighted by Gasteiger charge is 2.30. The van der Waals surface area contributed by atoms with Crippen molar-refractivity contribution >= 4 is 17.3 Å². The number of benzene rings is 1. The van der Waals surface area contributed by atoms with Crippen molar-refractivity contribution < 1.29 is 9.52 Å². The SMILES string of the molecule is OCc1ccc(N(Cc2ccco2)C2CC2)c(Cl)c1. The lowest BCUT2D eigenvalue weighted by molar-refractivity contribution is 0.282. The van der Waals surface area contributed by atoms with Crippen LogP contribution < -0.4 is 4.90 Å². The Labute approximate surface area is 117 Å². The van der Waals surface area contributed by atoms with Gasteiger partial charge in [0.1, 0.15) is 5.76 Å². The van der Waals surface area contributed by atoms with E-state index in [1.54, 1.807) is 6.26 Å².